The number of allylic oxidation sites excluding steroid dienone is 6. The lowest BCUT2D eigenvalue weighted by molar-refractivity contribution is -0.384. The molecule has 0 spiro atoms. The SMILES string of the molecule is CC1=CC(=O)C2=C(CC3C(=CCC4C(=O)N(c5ccc([N+](=O)[O-])cc5)C(=O)C43)C2c2cc(OC(F)(F)F)ccc2O)C1=O. The Hall–Kier alpha value is -5.07. The second-order valence-corrected chi connectivity index (χ2v) is 10.8. The average Bonchev–Trinajstić information content (AvgIpc) is 3.20. The third-order valence-electron chi connectivity index (χ3n) is 8.42. The molecule has 3 aliphatic carbocycles. The number of amides is 2. The van der Waals surface area contributed by atoms with E-state index in [-0.39, 0.29) is 46.5 Å². The van der Waals surface area contributed by atoms with Crippen LogP contribution in [0.1, 0.15) is 31.2 Å². The number of aromatic hydroxyl groups is 1. The highest BCUT2D eigenvalue weighted by atomic mass is 19.4. The van der Waals surface area contributed by atoms with Gasteiger partial charge in [0.2, 0.25) is 11.8 Å². The number of halogens is 3. The van der Waals surface area contributed by atoms with Crippen LogP contribution in [0.3, 0.4) is 0 Å². The number of carbonyl (C=O) groups is 4. The largest absolute Gasteiger partial charge is 0.573 e. The first kappa shape index (κ1) is 28.1. The first-order chi connectivity index (χ1) is 20.3. The molecule has 220 valence electrons. The molecule has 1 aliphatic heterocycles. The van der Waals surface area contributed by atoms with E-state index in [1.165, 1.54) is 19.1 Å². The Balaban J connectivity index is 1.47. The minimum atomic E-state index is -5.04. The number of phenolic OH excluding ortho intramolecular Hbond substituents is 1. The van der Waals surface area contributed by atoms with E-state index in [0.29, 0.717) is 5.57 Å². The summed E-state index contributed by atoms with van der Waals surface area (Å²) in [6.45, 7) is 1.45. The molecule has 43 heavy (non-hydrogen) atoms. The number of nitro benzene ring substituents is 1. The van der Waals surface area contributed by atoms with E-state index < -0.39 is 69.8 Å². The molecule has 1 heterocycles. The number of rotatable bonds is 4. The first-order valence-electron chi connectivity index (χ1n) is 13.2. The van der Waals surface area contributed by atoms with Gasteiger partial charge in [-0.15, -0.1) is 13.2 Å². The highest BCUT2D eigenvalue weighted by Gasteiger charge is 2.57. The number of phenols is 1. The molecule has 1 saturated heterocycles. The number of ketones is 2. The molecule has 4 atom stereocenters. The molecule has 0 radical (unpaired) electrons. The molecule has 10 nitrogen and oxygen atoms in total. The summed E-state index contributed by atoms with van der Waals surface area (Å²) in [6.07, 6.45) is -2.31. The number of imide groups is 1. The van der Waals surface area contributed by atoms with Gasteiger partial charge in [-0.3, -0.25) is 34.2 Å². The zero-order valence-corrected chi connectivity index (χ0v) is 22.3. The van der Waals surface area contributed by atoms with E-state index in [9.17, 15) is 47.6 Å². The maximum Gasteiger partial charge on any atom is 0.573 e. The molecule has 1 N–H and O–H groups in total. The summed E-state index contributed by atoms with van der Waals surface area (Å²) < 4.78 is 43.2. The van der Waals surface area contributed by atoms with Crippen LogP contribution in [0.5, 0.6) is 11.5 Å². The standard InChI is InChI=1S/C30H21F3N2O8/c1-13-10-23(37)26-21(27(13)38)12-19-17(24(26)20-11-16(6-9-22(20)36)43-30(31,32)33)7-8-18-25(19)29(40)34(28(18)39)14-2-4-15(5-3-14)35(41)42/h2-7,9-11,18-19,24-25,36H,8,12H2,1H3. The second-order valence-electron chi connectivity index (χ2n) is 10.8. The van der Waals surface area contributed by atoms with Gasteiger partial charge >= 0.3 is 6.36 Å². The average molecular weight is 594 g/mol. The molecule has 6 rings (SSSR count). The number of benzene rings is 2. The lowest BCUT2D eigenvalue weighted by Crippen LogP contribution is -2.39. The Kier molecular flexibility index (Phi) is 6.36. The summed E-state index contributed by atoms with van der Waals surface area (Å²) in [5, 5.41) is 21.9. The lowest BCUT2D eigenvalue weighted by Gasteiger charge is -2.42. The molecule has 4 unspecified atom stereocenters. The van der Waals surface area contributed by atoms with Crippen molar-refractivity contribution >= 4 is 34.8 Å². The number of nitro groups is 1. The fraction of sp³-hybridized carbons (Fsp3) is 0.267. The fourth-order valence-corrected chi connectivity index (χ4v) is 6.68. The summed E-state index contributed by atoms with van der Waals surface area (Å²) in [4.78, 5) is 65.5. The molecule has 1 fully saturated rings. The van der Waals surface area contributed by atoms with Crippen LogP contribution in [0.2, 0.25) is 0 Å². The van der Waals surface area contributed by atoms with E-state index in [2.05, 4.69) is 4.74 Å². The Morgan fingerprint density at radius 3 is 2.37 bits per heavy atom. The summed E-state index contributed by atoms with van der Waals surface area (Å²) >= 11 is 0. The van der Waals surface area contributed by atoms with E-state index >= 15 is 0 Å². The van der Waals surface area contributed by atoms with Gasteiger partial charge in [-0.25, -0.2) is 0 Å². The van der Waals surface area contributed by atoms with Crippen molar-refractivity contribution in [2.24, 2.45) is 17.8 Å². The van der Waals surface area contributed by atoms with Gasteiger partial charge in [0, 0.05) is 40.3 Å². The van der Waals surface area contributed by atoms with Gasteiger partial charge < -0.3 is 9.84 Å². The Morgan fingerprint density at radius 2 is 1.72 bits per heavy atom. The van der Waals surface area contributed by atoms with Crippen LogP contribution < -0.4 is 9.64 Å². The van der Waals surface area contributed by atoms with Crippen LogP contribution in [0, 0.1) is 27.9 Å². The summed E-state index contributed by atoms with van der Waals surface area (Å²) in [5.74, 6) is -7.14. The van der Waals surface area contributed by atoms with E-state index in [0.717, 1.165) is 41.3 Å². The summed E-state index contributed by atoms with van der Waals surface area (Å²) in [7, 11) is 0. The minimum Gasteiger partial charge on any atom is -0.508 e. The third-order valence-corrected chi connectivity index (χ3v) is 8.42. The van der Waals surface area contributed by atoms with Crippen LogP contribution in [-0.4, -0.2) is 39.8 Å². The minimum absolute atomic E-state index is 0.0139. The summed E-state index contributed by atoms with van der Waals surface area (Å²) in [6, 6.07) is 7.73. The molecule has 0 bridgehead atoms. The molecule has 2 amide bonds. The van der Waals surface area contributed by atoms with Gasteiger partial charge in [0.05, 0.1) is 22.4 Å². The van der Waals surface area contributed by atoms with Gasteiger partial charge in [0.1, 0.15) is 11.5 Å². The molecular weight excluding hydrogens is 573 g/mol. The fourth-order valence-electron chi connectivity index (χ4n) is 6.68. The molecule has 0 saturated carbocycles. The number of hydrogen-bond acceptors (Lipinski definition) is 8. The summed E-state index contributed by atoms with van der Waals surface area (Å²) in [5.41, 5.74) is 0.373. The van der Waals surface area contributed by atoms with Gasteiger partial charge in [0.15, 0.2) is 11.6 Å². The molecule has 4 aliphatic rings. The zero-order chi connectivity index (χ0) is 31.0. The van der Waals surface area contributed by atoms with Crippen molar-refractivity contribution in [1.29, 1.82) is 0 Å². The number of fused-ring (bicyclic) bond motifs is 3. The Bertz CT molecular complexity index is 1740. The Morgan fingerprint density at radius 1 is 1.02 bits per heavy atom. The lowest BCUT2D eigenvalue weighted by atomic mass is 9.59. The van der Waals surface area contributed by atoms with Crippen molar-refractivity contribution in [3.63, 3.8) is 0 Å². The number of ether oxygens (including phenoxy) is 1. The number of nitrogens with zero attached hydrogens (tertiary/aromatic N) is 2. The molecule has 0 aromatic heterocycles. The first-order valence-corrected chi connectivity index (χ1v) is 13.2. The number of Topliss-reactive ketones (excluding diaryl/α,β-unsaturated/α-hetero) is 1. The van der Waals surface area contributed by atoms with Gasteiger partial charge in [0.25, 0.3) is 5.69 Å². The van der Waals surface area contributed by atoms with Crippen LogP contribution in [0.4, 0.5) is 24.5 Å². The molecular formula is C30H21F3N2O8. The normalized spacial score (nSPS) is 25.2. The smallest absolute Gasteiger partial charge is 0.508 e. The van der Waals surface area contributed by atoms with E-state index in [1.54, 1.807) is 6.08 Å². The maximum atomic E-state index is 13.9. The van der Waals surface area contributed by atoms with E-state index in [1.807, 2.05) is 0 Å². The Labute approximate surface area is 240 Å². The zero-order valence-electron chi connectivity index (χ0n) is 22.3. The van der Waals surface area contributed by atoms with Gasteiger partial charge in [-0.05, 0) is 62.1 Å². The number of hydrogen-bond donors (Lipinski definition) is 1. The van der Waals surface area contributed by atoms with Crippen LogP contribution in [-0.2, 0) is 19.2 Å². The number of anilines is 1. The van der Waals surface area contributed by atoms with Crippen LogP contribution >= 0.6 is 0 Å². The predicted molar refractivity (Wildman–Crippen MR) is 142 cm³/mol. The van der Waals surface area contributed by atoms with Crippen LogP contribution in [0.25, 0.3) is 0 Å². The van der Waals surface area contributed by atoms with Gasteiger partial charge in [-0.1, -0.05) is 11.6 Å². The number of alkyl halides is 3. The quantitative estimate of drug-likeness (QED) is 0.174. The van der Waals surface area contributed by atoms with Crippen molar-refractivity contribution in [3.05, 3.63) is 92.6 Å². The number of non-ortho nitro benzene ring substituents is 1. The predicted octanol–water partition coefficient (Wildman–Crippen LogP) is 4.83. The third kappa shape index (κ3) is 4.51. The molecule has 13 heteroatoms. The van der Waals surface area contributed by atoms with Crippen molar-refractivity contribution in [3.8, 4) is 11.5 Å². The number of carbonyl (C=O) groups excluding carboxylic acids is 4. The van der Waals surface area contributed by atoms with E-state index in [4.69, 9.17) is 0 Å². The monoisotopic (exact) mass is 594 g/mol. The van der Waals surface area contributed by atoms with Crippen molar-refractivity contribution in [2.75, 3.05) is 4.90 Å². The van der Waals surface area contributed by atoms with Crippen molar-refractivity contribution in [1.82, 2.24) is 0 Å². The molecule has 2 aromatic rings. The topological polar surface area (TPSA) is 144 Å². The molecule has 2 aromatic carbocycles. The van der Waals surface area contributed by atoms with Crippen molar-refractivity contribution in [2.45, 2.75) is 32.0 Å². The highest BCUT2D eigenvalue weighted by molar-refractivity contribution is 6.25. The van der Waals surface area contributed by atoms with Crippen molar-refractivity contribution < 1.29 is 47.1 Å². The van der Waals surface area contributed by atoms with Crippen LogP contribution in [0.15, 0.2) is 76.9 Å². The highest BCUT2D eigenvalue weighted by Crippen LogP contribution is 2.56. The van der Waals surface area contributed by atoms with Gasteiger partial charge in [-0.2, -0.15) is 0 Å². The second kappa shape index (κ2) is 9.75. The maximum absolute atomic E-state index is 13.9.